The molecule has 1 saturated carbocycles. The lowest BCUT2D eigenvalue weighted by Crippen LogP contribution is -2.42. The highest BCUT2D eigenvalue weighted by molar-refractivity contribution is 7.91. The first-order valence-electron chi connectivity index (χ1n) is 6.45. The number of halogens is 1. The third-order valence-corrected chi connectivity index (χ3v) is 6.70. The summed E-state index contributed by atoms with van der Waals surface area (Å²) in [5, 5.41) is 20.7. The van der Waals surface area contributed by atoms with Gasteiger partial charge in [-0.25, -0.2) is 13.1 Å². The second kappa shape index (κ2) is 6.57. The summed E-state index contributed by atoms with van der Waals surface area (Å²) < 4.78 is 26.5. The molecule has 2 unspecified atom stereocenters. The van der Waals surface area contributed by atoms with Crippen LogP contribution < -0.4 is 4.72 Å². The van der Waals surface area contributed by atoms with Crippen molar-refractivity contribution in [2.24, 2.45) is 0 Å². The van der Waals surface area contributed by atoms with Gasteiger partial charge in [0.25, 0.3) is 15.7 Å². The molecule has 1 aromatic rings. The first kappa shape index (κ1) is 16.6. The molecule has 0 aromatic carbocycles. The molecule has 1 fully saturated rings. The summed E-state index contributed by atoms with van der Waals surface area (Å²) in [6.45, 7) is 0. The monoisotopic (exact) mass is 354 g/mol. The minimum Gasteiger partial charge on any atom is -0.391 e. The maximum absolute atomic E-state index is 12.3. The van der Waals surface area contributed by atoms with Crippen LogP contribution in [0.5, 0.6) is 0 Å². The largest absolute Gasteiger partial charge is 0.391 e. The average molecular weight is 355 g/mol. The number of aliphatic hydroxyl groups is 1. The van der Waals surface area contributed by atoms with Gasteiger partial charge in [-0.15, -0.1) is 11.3 Å². The van der Waals surface area contributed by atoms with E-state index in [1.807, 2.05) is 0 Å². The van der Waals surface area contributed by atoms with Crippen LogP contribution in [-0.4, -0.2) is 30.6 Å². The first-order chi connectivity index (χ1) is 9.81. The molecule has 0 amide bonds. The molecule has 1 aromatic heterocycles. The number of thiophene rings is 1. The van der Waals surface area contributed by atoms with Crippen molar-refractivity contribution < 1.29 is 18.4 Å². The fourth-order valence-electron chi connectivity index (χ4n) is 2.28. The highest BCUT2D eigenvalue weighted by Crippen LogP contribution is 2.36. The van der Waals surface area contributed by atoms with Crippen LogP contribution in [-0.2, 0) is 10.0 Å². The molecule has 21 heavy (non-hydrogen) atoms. The third-order valence-electron chi connectivity index (χ3n) is 3.39. The lowest BCUT2D eigenvalue weighted by molar-refractivity contribution is -0.384. The van der Waals surface area contributed by atoms with Gasteiger partial charge in [-0.2, -0.15) is 0 Å². The minimum atomic E-state index is -3.92. The molecule has 2 N–H and O–H groups in total. The molecule has 10 heteroatoms. The highest BCUT2D eigenvalue weighted by atomic mass is 35.5. The Hall–Kier alpha value is -0.740. The molecule has 0 spiro atoms. The number of nitrogens with one attached hydrogen (secondary N) is 1. The second-order valence-electron chi connectivity index (χ2n) is 4.91. The summed E-state index contributed by atoms with van der Waals surface area (Å²) in [5.74, 6) is 0. The Balaban J connectivity index is 2.21. The number of aliphatic hydroxyl groups excluding tert-OH is 1. The van der Waals surface area contributed by atoms with Gasteiger partial charge in [0.1, 0.15) is 4.21 Å². The fraction of sp³-hybridized carbons (Fsp3) is 0.636. The van der Waals surface area contributed by atoms with Gasteiger partial charge in [-0.3, -0.25) is 10.1 Å². The Labute approximate surface area is 131 Å². The van der Waals surface area contributed by atoms with Gasteiger partial charge >= 0.3 is 0 Å². The molecule has 0 radical (unpaired) electrons. The van der Waals surface area contributed by atoms with Crippen LogP contribution in [0.15, 0.2) is 10.3 Å². The SMILES string of the molecule is O=[N+]([O-])c1cc(S(=O)(=O)NC2CCCCCC2O)sc1Cl. The summed E-state index contributed by atoms with van der Waals surface area (Å²) >= 11 is 6.32. The number of nitro groups is 1. The summed E-state index contributed by atoms with van der Waals surface area (Å²) in [6.07, 6.45) is 2.98. The van der Waals surface area contributed by atoms with E-state index in [2.05, 4.69) is 4.72 Å². The summed E-state index contributed by atoms with van der Waals surface area (Å²) in [6, 6.07) is 0.371. The molecule has 1 aliphatic carbocycles. The maximum atomic E-state index is 12.3. The topological polar surface area (TPSA) is 110 Å². The highest BCUT2D eigenvalue weighted by Gasteiger charge is 2.30. The normalized spacial score (nSPS) is 23.7. The first-order valence-corrected chi connectivity index (χ1v) is 9.13. The van der Waals surface area contributed by atoms with E-state index in [0.29, 0.717) is 24.2 Å². The Bertz CT molecular complexity index is 631. The maximum Gasteiger partial charge on any atom is 0.300 e. The van der Waals surface area contributed by atoms with Crippen molar-refractivity contribution in [1.29, 1.82) is 0 Å². The number of hydrogen-bond donors (Lipinski definition) is 2. The van der Waals surface area contributed by atoms with Gasteiger partial charge in [0, 0.05) is 12.1 Å². The molecule has 2 rings (SSSR count). The van der Waals surface area contributed by atoms with Gasteiger partial charge in [-0.1, -0.05) is 30.9 Å². The lowest BCUT2D eigenvalue weighted by Gasteiger charge is -2.20. The second-order valence-corrected chi connectivity index (χ2v) is 8.51. The Kier molecular flexibility index (Phi) is 5.20. The fourth-order valence-corrected chi connectivity index (χ4v) is 5.26. The Morgan fingerprint density at radius 3 is 2.67 bits per heavy atom. The molecule has 1 heterocycles. The van der Waals surface area contributed by atoms with Crippen molar-refractivity contribution in [3.63, 3.8) is 0 Å². The van der Waals surface area contributed by atoms with Crippen LogP contribution in [0.2, 0.25) is 4.34 Å². The van der Waals surface area contributed by atoms with Crippen LogP contribution >= 0.6 is 22.9 Å². The van der Waals surface area contributed by atoms with Gasteiger partial charge in [0.2, 0.25) is 0 Å². The van der Waals surface area contributed by atoms with E-state index in [1.54, 1.807) is 0 Å². The van der Waals surface area contributed by atoms with Crippen LogP contribution in [0.25, 0.3) is 0 Å². The lowest BCUT2D eigenvalue weighted by atomic mass is 10.1. The third kappa shape index (κ3) is 3.92. The molecule has 7 nitrogen and oxygen atoms in total. The van der Waals surface area contributed by atoms with Crippen LogP contribution in [0.1, 0.15) is 32.1 Å². The van der Waals surface area contributed by atoms with Gasteiger partial charge in [0.15, 0.2) is 4.34 Å². The molecule has 118 valence electrons. The number of sulfonamides is 1. The zero-order chi connectivity index (χ0) is 15.6. The summed E-state index contributed by atoms with van der Waals surface area (Å²) in [5.41, 5.74) is -0.427. The summed E-state index contributed by atoms with van der Waals surface area (Å²) in [4.78, 5) is 10.00. The van der Waals surface area contributed by atoms with E-state index in [-0.39, 0.29) is 8.55 Å². The van der Waals surface area contributed by atoms with Crippen LogP contribution in [0, 0.1) is 10.1 Å². The number of nitrogens with zero attached hydrogens (tertiary/aromatic N) is 1. The molecule has 0 bridgehead atoms. The molecular weight excluding hydrogens is 340 g/mol. The van der Waals surface area contributed by atoms with Crippen molar-refractivity contribution >= 4 is 38.6 Å². The zero-order valence-electron chi connectivity index (χ0n) is 11.0. The standard InChI is InChI=1S/C11H15ClN2O5S2/c12-11-8(14(16)17)6-10(20-11)21(18,19)13-7-4-2-1-3-5-9(7)15/h6-7,9,13,15H,1-5H2. The van der Waals surface area contributed by atoms with Crippen molar-refractivity contribution in [2.45, 2.75) is 48.5 Å². The van der Waals surface area contributed by atoms with Gasteiger partial charge in [-0.05, 0) is 12.8 Å². The van der Waals surface area contributed by atoms with E-state index >= 15 is 0 Å². The predicted molar refractivity (Wildman–Crippen MR) is 79.2 cm³/mol. The average Bonchev–Trinajstić information content (AvgIpc) is 2.69. The minimum absolute atomic E-state index is 0.179. The van der Waals surface area contributed by atoms with Crippen molar-refractivity contribution in [1.82, 2.24) is 4.72 Å². The molecule has 0 aliphatic heterocycles. The predicted octanol–water partition coefficient (Wildman–Crippen LogP) is 2.28. The summed E-state index contributed by atoms with van der Waals surface area (Å²) in [7, 11) is -3.92. The molecule has 2 atom stereocenters. The molecule has 0 saturated heterocycles. The smallest absolute Gasteiger partial charge is 0.300 e. The van der Waals surface area contributed by atoms with Gasteiger partial charge in [0.05, 0.1) is 11.0 Å². The zero-order valence-corrected chi connectivity index (χ0v) is 13.4. The van der Waals surface area contributed by atoms with E-state index in [0.717, 1.165) is 25.3 Å². The van der Waals surface area contributed by atoms with Crippen molar-refractivity contribution in [3.05, 3.63) is 20.5 Å². The van der Waals surface area contributed by atoms with Crippen molar-refractivity contribution in [2.75, 3.05) is 0 Å². The van der Waals surface area contributed by atoms with Gasteiger partial charge < -0.3 is 5.11 Å². The van der Waals surface area contributed by atoms with E-state index in [4.69, 9.17) is 11.6 Å². The molecular formula is C11H15ClN2O5S2. The van der Waals surface area contributed by atoms with E-state index in [9.17, 15) is 23.6 Å². The van der Waals surface area contributed by atoms with Crippen LogP contribution in [0.3, 0.4) is 0 Å². The number of hydrogen-bond acceptors (Lipinski definition) is 6. The van der Waals surface area contributed by atoms with E-state index in [1.165, 1.54) is 0 Å². The van der Waals surface area contributed by atoms with Crippen LogP contribution in [0.4, 0.5) is 5.69 Å². The Morgan fingerprint density at radius 2 is 2.05 bits per heavy atom. The number of rotatable bonds is 4. The van der Waals surface area contributed by atoms with E-state index < -0.39 is 32.8 Å². The quantitative estimate of drug-likeness (QED) is 0.489. The van der Waals surface area contributed by atoms with Crippen molar-refractivity contribution in [3.8, 4) is 0 Å². The molecule has 1 aliphatic rings. The Morgan fingerprint density at radius 1 is 1.38 bits per heavy atom.